The molecule has 0 atom stereocenters. The molecule has 0 radical (unpaired) electrons. The van der Waals surface area contributed by atoms with Crippen molar-refractivity contribution in [3.8, 4) is 0 Å². The van der Waals surface area contributed by atoms with E-state index in [2.05, 4.69) is 24.4 Å². The van der Waals surface area contributed by atoms with Gasteiger partial charge < -0.3 is 0 Å². The molecule has 3 rings (SSSR count). The minimum absolute atomic E-state index is 1.28. The van der Waals surface area contributed by atoms with E-state index in [1.165, 1.54) is 54.4 Å². The van der Waals surface area contributed by atoms with Crippen molar-refractivity contribution in [1.29, 1.82) is 0 Å². The van der Waals surface area contributed by atoms with Crippen molar-refractivity contribution in [1.82, 2.24) is 0 Å². The second-order valence-corrected chi connectivity index (χ2v) is 8.83. The van der Waals surface area contributed by atoms with Gasteiger partial charge in [-0.05, 0) is 29.7 Å². The van der Waals surface area contributed by atoms with E-state index in [1.54, 1.807) is 0 Å². The first kappa shape index (κ1) is 13.0. The van der Waals surface area contributed by atoms with Gasteiger partial charge in [-0.3, -0.25) is 0 Å². The second kappa shape index (κ2) is 5.95. The summed E-state index contributed by atoms with van der Waals surface area (Å²) >= 11 is 7.86. The molecule has 0 saturated heterocycles. The van der Waals surface area contributed by atoms with Crippen LogP contribution in [0.5, 0.6) is 0 Å². The molecule has 0 saturated carbocycles. The SMILES string of the molecule is CCCCCCSc1cc2sc3ccsc3c2s1. The van der Waals surface area contributed by atoms with Crippen LogP contribution in [0, 0.1) is 0 Å². The van der Waals surface area contributed by atoms with Crippen LogP contribution in [0.15, 0.2) is 21.7 Å². The first-order valence-corrected chi connectivity index (χ1v) is 9.90. The van der Waals surface area contributed by atoms with Gasteiger partial charge >= 0.3 is 0 Å². The largest absolute Gasteiger partial charge is 0.141 e. The van der Waals surface area contributed by atoms with E-state index in [9.17, 15) is 0 Å². The molecule has 0 unspecified atom stereocenters. The van der Waals surface area contributed by atoms with E-state index in [1.807, 2.05) is 45.8 Å². The number of rotatable bonds is 6. The molecule has 0 aliphatic heterocycles. The molecule has 0 amide bonds. The van der Waals surface area contributed by atoms with E-state index < -0.39 is 0 Å². The maximum Gasteiger partial charge on any atom is 0.0641 e. The molecule has 0 bridgehead atoms. The van der Waals surface area contributed by atoms with Crippen LogP contribution in [-0.4, -0.2) is 5.75 Å². The Morgan fingerprint density at radius 2 is 2.00 bits per heavy atom. The normalized spacial score (nSPS) is 11.8. The van der Waals surface area contributed by atoms with Gasteiger partial charge in [-0.15, -0.1) is 45.8 Å². The lowest BCUT2D eigenvalue weighted by Gasteiger charge is -1.97. The molecular formula is C14H16S4. The Balaban J connectivity index is 1.67. The maximum atomic E-state index is 2.39. The molecule has 0 aromatic carbocycles. The molecule has 0 aliphatic carbocycles. The van der Waals surface area contributed by atoms with Crippen molar-refractivity contribution in [2.75, 3.05) is 5.75 Å². The Hall–Kier alpha value is -0.0300. The summed E-state index contributed by atoms with van der Waals surface area (Å²) in [6.07, 6.45) is 5.46. The van der Waals surface area contributed by atoms with Gasteiger partial charge in [-0.2, -0.15) is 0 Å². The zero-order chi connectivity index (χ0) is 12.4. The summed E-state index contributed by atoms with van der Waals surface area (Å²) in [6.45, 7) is 2.27. The summed E-state index contributed by atoms with van der Waals surface area (Å²) < 4.78 is 7.46. The Kier molecular flexibility index (Phi) is 4.29. The van der Waals surface area contributed by atoms with Crippen LogP contribution in [0.4, 0.5) is 0 Å². The molecule has 3 aromatic rings. The van der Waals surface area contributed by atoms with E-state index in [0.29, 0.717) is 0 Å². The lowest BCUT2D eigenvalue weighted by molar-refractivity contribution is 0.706. The third-order valence-corrected chi connectivity index (χ3v) is 7.84. The van der Waals surface area contributed by atoms with Gasteiger partial charge in [-0.1, -0.05) is 26.2 Å². The number of unbranched alkanes of at least 4 members (excludes halogenated alkanes) is 3. The minimum atomic E-state index is 1.28. The van der Waals surface area contributed by atoms with Crippen molar-refractivity contribution in [3.05, 3.63) is 17.5 Å². The average molecular weight is 313 g/mol. The highest BCUT2D eigenvalue weighted by Crippen LogP contribution is 2.44. The molecule has 4 heteroatoms. The summed E-state index contributed by atoms with van der Waals surface area (Å²) in [5.74, 6) is 1.28. The van der Waals surface area contributed by atoms with Crippen LogP contribution < -0.4 is 0 Å². The predicted octanol–water partition coefficient (Wildman–Crippen LogP) is 6.85. The third kappa shape index (κ3) is 2.62. The van der Waals surface area contributed by atoms with Crippen LogP contribution in [-0.2, 0) is 0 Å². The van der Waals surface area contributed by atoms with Gasteiger partial charge in [0.15, 0.2) is 0 Å². The summed E-state index contributed by atoms with van der Waals surface area (Å²) in [5, 5.41) is 2.21. The van der Waals surface area contributed by atoms with Crippen LogP contribution in [0.3, 0.4) is 0 Å². The fourth-order valence-electron chi connectivity index (χ4n) is 2.02. The molecule has 0 spiro atoms. The van der Waals surface area contributed by atoms with Crippen molar-refractivity contribution in [2.24, 2.45) is 0 Å². The smallest absolute Gasteiger partial charge is 0.0641 e. The van der Waals surface area contributed by atoms with Crippen molar-refractivity contribution >= 4 is 64.6 Å². The van der Waals surface area contributed by atoms with Crippen molar-refractivity contribution in [2.45, 2.75) is 36.8 Å². The number of thiophene rings is 3. The summed E-state index contributed by atoms with van der Waals surface area (Å²) in [4.78, 5) is 0. The van der Waals surface area contributed by atoms with Crippen LogP contribution in [0.2, 0.25) is 0 Å². The van der Waals surface area contributed by atoms with Crippen LogP contribution in [0.1, 0.15) is 32.6 Å². The monoisotopic (exact) mass is 312 g/mol. The maximum absolute atomic E-state index is 2.39. The Labute approximate surface area is 124 Å². The molecule has 3 heterocycles. The number of thioether (sulfide) groups is 1. The van der Waals surface area contributed by atoms with Gasteiger partial charge in [0.25, 0.3) is 0 Å². The van der Waals surface area contributed by atoms with Gasteiger partial charge in [0.2, 0.25) is 0 Å². The van der Waals surface area contributed by atoms with Gasteiger partial charge in [0.05, 0.1) is 13.6 Å². The van der Waals surface area contributed by atoms with Gasteiger partial charge in [-0.25, -0.2) is 0 Å². The average Bonchev–Trinajstić information content (AvgIpc) is 3.00. The van der Waals surface area contributed by atoms with Crippen LogP contribution >= 0.6 is 45.8 Å². The molecular weight excluding hydrogens is 296 g/mol. The predicted molar refractivity (Wildman–Crippen MR) is 90.0 cm³/mol. The molecule has 0 fully saturated rings. The summed E-state index contributed by atoms with van der Waals surface area (Å²) in [7, 11) is 0. The Morgan fingerprint density at radius 3 is 2.89 bits per heavy atom. The molecule has 18 heavy (non-hydrogen) atoms. The molecule has 96 valence electrons. The van der Waals surface area contributed by atoms with Crippen molar-refractivity contribution in [3.63, 3.8) is 0 Å². The zero-order valence-electron chi connectivity index (χ0n) is 10.4. The molecule has 3 aromatic heterocycles. The Bertz CT molecular complexity index is 628. The van der Waals surface area contributed by atoms with E-state index in [0.717, 1.165) is 0 Å². The molecule has 0 aliphatic rings. The first-order chi connectivity index (χ1) is 8.88. The highest BCUT2D eigenvalue weighted by Gasteiger charge is 2.10. The van der Waals surface area contributed by atoms with Crippen molar-refractivity contribution < 1.29 is 0 Å². The van der Waals surface area contributed by atoms with E-state index in [-0.39, 0.29) is 0 Å². The number of fused-ring (bicyclic) bond motifs is 3. The third-order valence-electron chi connectivity index (χ3n) is 2.97. The molecule has 0 N–H and O–H groups in total. The zero-order valence-corrected chi connectivity index (χ0v) is 13.7. The molecule has 0 nitrogen and oxygen atoms in total. The van der Waals surface area contributed by atoms with Gasteiger partial charge in [0.1, 0.15) is 0 Å². The van der Waals surface area contributed by atoms with E-state index >= 15 is 0 Å². The van der Waals surface area contributed by atoms with E-state index in [4.69, 9.17) is 0 Å². The fourth-order valence-corrected chi connectivity index (χ4v) is 7.08. The second-order valence-electron chi connectivity index (χ2n) is 4.38. The fraction of sp³-hybridized carbons (Fsp3) is 0.429. The lowest BCUT2D eigenvalue weighted by Crippen LogP contribution is -1.78. The van der Waals surface area contributed by atoms with Gasteiger partial charge in [0, 0.05) is 9.40 Å². The first-order valence-electron chi connectivity index (χ1n) is 6.41. The number of hydrogen-bond acceptors (Lipinski definition) is 4. The standard InChI is InChI=1S/C14H16S4/c1-2-3-4-5-7-15-12-9-11-14(18-12)13-10(17-11)6-8-16-13/h6,8-9H,2-5,7H2,1H3. The highest BCUT2D eigenvalue weighted by atomic mass is 32.2. The van der Waals surface area contributed by atoms with Crippen LogP contribution in [0.25, 0.3) is 18.8 Å². The highest BCUT2D eigenvalue weighted by molar-refractivity contribution is 8.01. The summed E-state index contributed by atoms with van der Waals surface area (Å²) in [6, 6.07) is 4.64. The Morgan fingerprint density at radius 1 is 1.06 bits per heavy atom. The lowest BCUT2D eigenvalue weighted by atomic mass is 10.2. The topological polar surface area (TPSA) is 0 Å². The quantitative estimate of drug-likeness (QED) is 0.354. The minimum Gasteiger partial charge on any atom is -0.141 e. The number of hydrogen-bond donors (Lipinski definition) is 0. The summed E-state index contributed by atoms with van der Waals surface area (Å²) in [5.41, 5.74) is 0.